The number of hydrogen-bond donors (Lipinski definition) is 0. The van der Waals surface area contributed by atoms with E-state index in [-0.39, 0.29) is 16.9 Å². The minimum atomic E-state index is -0.914. The number of rotatable bonds is 9. The highest BCUT2D eigenvalue weighted by molar-refractivity contribution is 6.32. The molecule has 0 heterocycles. The molecule has 0 radical (unpaired) electrons. The van der Waals surface area contributed by atoms with Crippen molar-refractivity contribution in [1.82, 2.24) is 0 Å². The van der Waals surface area contributed by atoms with Crippen LogP contribution in [0.2, 0.25) is 5.04 Å². The second kappa shape index (κ2) is 11.0. The zero-order chi connectivity index (χ0) is 23.9. The fourth-order valence-corrected chi connectivity index (χ4v) is 5.21. The van der Waals surface area contributed by atoms with Crippen LogP contribution in [0.25, 0.3) is 0 Å². The van der Waals surface area contributed by atoms with Crippen molar-refractivity contribution in [1.29, 1.82) is 0 Å². The molecule has 33 heavy (non-hydrogen) atoms. The van der Waals surface area contributed by atoms with E-state index in [4.69, 9.17) is 9.16 Å². The van der Waals surface area contributed by atoms with E-state index in [9.17, 15) is 4.79 Å². The Morgan fingerprint density at radius 2 is 1.39 bits per heavy atom. The molecule has 0 aromatic heterocycles. The zero-order valence-electron chi connectivity index (χ0n) is 20.5. The first-order valence-electron chi connectivity index (χ1n) is 11.8. The lowest BCUT2D eigenvalue weighted by molar-refractivity contribution is -0.147. The molecule has 0 saturated heterocycles. The second-order valence-electron chi connectivity index (χ2n) is 9.82. The van der Waals surface area contributed by atoms with Gasteiger partial charge < -0.3 is 9.16 Å². The van der Waals surface area contributed by atoms with E-state index < -0.39 is 15.4 Å². The minimum Gasteiger partial charge on any atom is -0.466 e. The van der Waals surface area contributed by atoms with E-state index in [0.717, 1.165) is 22.3 Å². The molecule has 0 aliphatic rings. The summed E-state index contributed by atoms with van der Waals surface area (Å²) in [6.07, 6.45) is 0.628. The standard InChI is InChI=1S/C29H36O3Si/c1-6-31-27(30)22(2)20-23-14-13-19-26(21-23)29(32-33-28(3,4)5,24-15-9-7-10-16-24)25-17-11-8-12-18-25/h7-19,21-22H,6,20,33H2,1-5H3. The average Bonchev–Trinajstić information content (AvgIpc) is 2.81. The van der Waals surface area contributed by atoms with E-state index in [2.05, 4.69) is 93.6 Å². The van der Waals surface area contributed by atoms with Crippen molar-refractivity contribution in [3.8, 4) is 0 Å². The summed E-state index contributed by atoms with van der Waals surface area (Å²) >= 11 is 0. The van der Waals surface area contributed by atoms with Gasteiger partial charge in [0.25, 0.3) is 0 Å². The molecule has 3 rings (SSSR count). The summed E-state index contributed by atoms with van der Waals surface area (Å²) in [4.78, 5) is 12.2. The summed E-state index contributed by atoms with van der Waals surface area (Å²) < 4.78 is 12.3. The maximum atomic E-state index is 12.2. The van der Waals surface area contributed by atoms with E-state index >= 15 is 0 Å². The molecule has 0 aliphatic heterocycles. The molecule has 3 aromatic carbocycles. The molecular weight excluding hydrogens is 424 g/mol. The molecule has 4 heteroatoms. The fourth-order valence-electron chi connectivity index (χ4n) is 4.06. The molecule has 1 atom stereocenters. The van der Waals surface area contributed by atoms with Gasteiger partial charge in [-0.1, -0.05) is 113 Å². The van der Waals surface area contributed by atoms with Crippen LogP contribution in [-0.2, 0) is 26.0 Å². The Labute approximate surface area is 201 Å². The predicted molar refractivity (Wildman–Crippen MR) is 138 cm³/mol. The minimum absolute atomic E-state index is 0.130. The molecule has 0 N–H and O–H groups in total. The van der Waals surface area contributed by atoms with Crippen molar-refractivity contribution >= 4 is 15.7 Å². The van der Waals surface area contributed by atoms with Crippen molar-refractivity contribution in [2.24, 2.45) is 5.92 Å². The topological polar surface area (TPSA) is 35.5 Å². The molecule has 1 unspecified atom stereocenters. The van der Waals surface area contributed by atoms with Crippen molar-refractivity contribution < 1.29 is 14.0 Å². The normalized spacial score (nSPS) is 13.2. The molecule has 0 amide bonds. The van der Waals surface area contributed by atoms with Crippen LogP contribution in [0.15, 0.2) is 84.9 Å². The van der Waals surface area contributed by atoms with Gasteiger partial charge in [0.15, 0.2) is 9.76 Å². The monoisotopic (exact) mass is 460 g/mol. The summed E-state index contributed by atoms with van der Waals surface area (Å²) in [7, 11) is -0.914. The van der Waals surface area contributed by atoms with Gasteiger partial charge >= 0.3 is 5.97 Å². The Kier molecular flexibility index (Phi) is 8.28. The molecule has 174 valence electrons. The third kappa shape index (κ3) is 6.21. The number of hydrogen-bond acceptors (Lipinski definition) is 3. The summed E-state index contributed by atoms with van der Waals surface area (Å²) in [5.74, 6) is -0.357. The lowest BCUT2D eigenvalue weighted by Crippen LogP contribution is -2.36. The van der Waals surface area contributed by atoms with Gasteiger partial charge in [0.2, 0.25) is 0 Å². The Morgan fingerprint density at radius 1 is 0.848 bits per heavy atom. The maximum Gasteiger partial charge on any atom is 0.308 e. The SMILES string of the molecule is CCOC(=O)C(C)Cc1cccc(C(O[SiH2]C(C)(C)C)(c2ccccc2)c2ccccc2)c1. The summed E-state index contributed by atoms with van der Waals surface area (Å²) in [5, 5.41) is 0.130. The third-order valence-electron chi connectivity index (χ3n) is 5.65. The van der Waals surface area contributed by atoms with Crippen LogP contribution >= 0.6 is 0 Å². The molecule has 0 saturated carbocycles. The highest BCUT2D eigenvalue weighted by atomic mass is 28.2. The highest BCUT2D eigenvalue weighted by Gasteiger charge is 2.38. The van der Waals surface area contributed by atoms with Gasteiger partial charge in [0, 0.05) is 0 Å². The molecule has 0 spiro atoms. The molecule has 0 aliphatic carbocycles. The first kappa shape index (κ1) is 24.9. The summed E-state index contributed by atoms with van der Waals surface area (Å²) in [6.45, 7) is 10.9. The van der Waals surface area contributed by atoms with Crippen molar-refractivity contribution in [3.05, 3.63) is 107 Å². The summed E-state index contributed by atoms with van der Waals surface area (Å²) in [6, 6.07) is 29.5. The van der Waals surface area contributed by atoms with Crippen LogP contribution < -0.4 is 0 Å². The van der Waals surface area contributed by atoms with Gasteiger partial charge in [-0.25, -0.2) is 0 Å². The number of benzene rings is 3. The molecular formula is C29H36O3Si. The molecule has 3 aromatic rings. The Morgan fingerprint density at radius 3 is 1.91 bits per heavy atom. The van der Waals surface area contributed by atoms with Gasteiger partial charge in [-0.3, -0.25) is 4.79 Å². The largest absolute Gasteiger partial charge is 0.466 e. The van der Waals surface area contributed by atoms with Gasteiger partial charge in [-0.05, 0) is 40.6 Å². The van der Waals surface area contributed by atoms with E-state index in [0.29, 0.717) is 13.0 Å². The van der Waals surface area contributed by atoms with Gasteiger partial charge in [0.1, 0.15) is 5.60 Å². The predicted octanol–water partition coefficient (Wildman–Crippen LogP) is 6.04. The number of esters is 1. The lowest BCUT2D eigenvalue weighted by atomic mass is 9.79. The Balaban J connectivity index is 2.14. The first-order chi connectivity index (χ1) is 15.8. The number of carbonyl (C=O) groups is 1. The smallest absolute Gasteiger partial charge is 0.308 e. The van der Waals surface area contributed by atoms with Crippen molar-refractivity contribution in [2.45, 2.75) is 51.7 Å². The lowest BCUT2D eigenvalue weighted by Gasteiger charge is -2.38. The van der Waals surface area contributed by atoms with Gasteiger partial charge in [-0.15, -0.1) is 0 Å². The quantitative estimate of drug-likeness (QED) is 0.222. The Hall–Kier alpha value is -2.69. The van der Waals surface area contributed by atoms with Crippen molar-refractivity contribution in [2.75, 3.05) is 6.61 Å². The van der Waals surface area contributed by atoms with Gasteiger partial charge in [0.05, 0.1) is 12.5 Å². The number of ether oxygens (including phenoxy) is 1. The second-order valence-corrected chi connectivity index (χ2v) is 12.5. The third-order valence-corrected chi connectivity index (χ3v) is 7.09. The van der Waals surface area contributed by atoms with Gasteiger partial charge in [-0.2, -0.15) is 0 Å². The Bertz CT molecular complexity index is 986. The highest BCUT2D eigenvalue weighted by Crippen LogP contribution is 2.42. The molecule has 0 bridgehead atoms. The van der Waals surface area contributed by atoms with Crippen LogP contribution in [0.4, 0.5) is 0 Å². The molecule has 3 nitrogen and oxygen atoms in total. The number of carbonyl (C=O) groups excluding carboxylic acids is 1. The van der Waals surface area contributed by atoms with E-state index in [1.807, 2.05) is 26.0 Å². The van der Waals surface area contributed by atoms with E-state index in [1.165, 1.54) is 0 Å². The van der Waals surface area contributed by atoms with Crippen LogP contribution in [-0.4, -0.2) is 22.3 Å². The first-order valence-corrected chi connectivity index (χ1v) is 13.1. The van der Waals surface area contributed by atoms with Crippen LogP contribution in [0.5, 0.6) is 0 Å². The van der Waals surface area contributed by atoms with Crippen LogP contribution in [0.1, 0.15) is 56.9 Å². The summed E-state index contributed by atoms with van der Waals surface area (Å²) in [5.41, 5.74) is 3.72. The fraction of sp³-hybridized carbons (Fsp3) is 0.345. The zero-order valence-corrected chi connectivity index (χ0v) is 21.9. The maximum absolute atomic E-state index is 12.2. The van der Waals surface area contributed by atoms with Crippen LogP contribution in [0, 0.1) is 5.92 Å². The van der Waals surface area contributed by atoms with Crippen molar-refractivity contribution in [3.63, 3.8) is 0 Å². The average molecular weight is 461 g/mol. The molecule has 0 fully saturated rings. The van der Waals surface area contributed by atoms with E-state index in [1.54, 1.807) is 0 Å². The van der Waals surface area contributed by atoms with Crippen LogP contribution in [0.3, 0.4) is 0 Å².